The molecule has 2 N–H and O–H groups in total. The second-order valence-electron chi connectivity index (χ2n) is 6.63. The van der Waals surface area contributed by atoms with Crippen LogP contribution in [-0.4, -0.2) is 21.0 Å². The second-order valence-corrected chi connectivity index (χ2v) is 6.63. The van der Waals surface area contributed by atoms with E-state index in [2.05, 4.69) is 9.97 Å². The van der Waals surface area contributed by atoms with Gasteiger partial charge in [0.1, 0.15) is 11.5 Å². The number of carboxylic acid groups (broad SMARTS) is 1. The fourth-order valence-electron chi connectivity index (χ4n) is 3.14. The van der Waals surface area contributed by atoms with Gasteiger partial charge >= 0.3 is 12.1 Å². The molecule has 4 nitrogen and oxygen atoms in total. The second kappa shape index (κ2) is 7.51. The van der Waals surface area contributed by atoms with Crippen LogP contribution in [0.2, 0.25) is 0 Å². The Balaban J connectivity index is 1.70. The third kappa shape index (κ3) is 3.82. The number of halogens is 3. The summed E-state index contributed by atoms with van der Waals surface area (Å²) >= 11 is 0. The van der Waals surface area contributed by atoms with Crippen molar-refractivity contribution < 1.29 is 23.1 Å². The molecule has 0 aliphatic carbocycles. The van der Waals surface area contributed by atoms with Crippen molar-refractivity contribution in [3.63, 3.8) is 0 Å². The lowest BCUT2D eigenvalue weighted by atomic mass is 10.0. The van der Waals surface area contributed by atoms with Gasteiger partial charge in [-0.05, 0) is 23.3 Å². The molecule has 0 unspecified atom stereocenters. The topological polar surface area (TPSA) is 66.0 Å². The van der Waals surface area contributed by atoms with Crippen LogP contribution in [0.25, 0.3) is 33.8 Å². The molecule has 7 heteroatoms. The average Bonchev–Trinajstić information content (AvgIpc) is 3.20. The maximum absolute atomic E-state index is 12.8. The van der Waals surface area contributed by atoms with Gasteiger partial charge in [0, 0.05) is 11.1 Å². The van der Waals surface area contributed by atoms with Crippen LogP contribution in [0.4, 0.5) is 13.2 Å². The Morgan fingerprint density at radius 3 is 1.87 bits per heavy atom. The molecule has 4 rings (SSSR count). The third-order valence-corrected chi connectivity index (χ3v) is 4.67. The van der Waals surface area contributed by atoms with E-state index in [-0.39, 0.29) is 17.2 Å². The summed E-state index contributed by atoms with van der Waals surface area (Å²) in [4.78, 5) is 18.8. The zero-order valence-electron chi connectivity index (χ0n) is 15.4. The zero-order chi connectivity index (χ0) is 21.3. The molecule has 0 aliphatic heterocycles. The Hall–Kier alpha value is -3.87. The van der Waals surface area contributed by atoms with Crippen molar-refractivity contribution >= 4 is 5.97 Å². The lowest BCUT2D eigenvalue weighted by molar-refractivity contribution is -0.137. The Morgan fingerprint density at radius 1 is 0.767 bits per heavy atom. The molecular weight excluding hydrogens is 393 g/mol. The number of aromatic carboxylic acids is 1. The monoisotopic (exact) mass is 408 g/mol. The number of H-pyrrole nitrogens is 1. The molecule has 150 valence electrons. The van der Waals surface area contributed by atoms with Crippen molar-refractivity contribution in [1.29, 1.82) is 0 Å². The normalized spacial score (nSPS) is 11.4. The predicted octanol–water partition coefficient (Wildman–Crippen LogP) is 6.13. The van der Waals surface area contributed by atoms with Gasteiger partial charge in [0.15, 0.2) is 5.69 Å². The van der Waals surface area contributed by atoms with Crippen molar-refractivity contribution in [2.45, 2.75) is 6.18 Å². The molecule has 1 aromatic heterocycles. The van der Waals surface area contributed by atoms with E-state index in [1.54, 1.807) is 12.1 Å². The number of nitrogens with one attached hydrogen (secondary N) is 1. The van der Waals surface area contributed by atoms with Crippen LogP contribution in [0.5, 0.6) is 0 Å². The van der Waals surface area contributed by atoms with Crippen molar-refractivity contribution in [2.24, 2.45) is 0 Å². The lowest BCUT2D eigenvalue weighted by Crippen LogP contribution is -2.04. The van der Waals surface area contributed by atoms with Gasteiger partial charge in [-0.1, -0.05) is 66.7 Å². The van der Waals surface area contributed by atoms with Crippen molar-refractivity contribution in [3.05, 3.63) is 90.1 Å². The molecule has 0 amide bonds. The van der Waals surface area contributed by atoms with Crippen LogP contribution in [0.3, 0.4) is 0 Å². The van der Waals surface area contributed by atoms with Crippen LogP contribution in [0.15, 0.2) is 78.9 Å². The third-order valence-electron chi connectivity index (χ3n) is 4.67. The number of nitrogens with zero attached hydrogens (tertiary/aromatic N) is 1. The Kier molecular flexibility index (Phi) is 4.87. The van der Waals surface area contributed by atoms with Crippen LogP contribution in [-0.2, 0) is 6.18 Å². The molecule has 3 aromatic carbocycles. The number of aromatic nitrogens is 2. The minimum Gasteiger partial charge on any atom is -0.477 e. The largest absolute Gasteiger partial charge is 0.477 e. The number of alkyl halides is 3. The summed E-state index contributed by atoms with van der Waals surface area (Å²) in [6, 6.07) is 21.4. The van der Waals surface area contributed by atoms with Crippen LogP contribution in [0, 0.1) is 0 Å². The fourth-order valence-corrected chi connectivity index (χ4v) is 3.14. The van der Waals surface area contributed by atoms with E-state index < -0.39 is 17.7 Å². The number of carbonyl (C=O) groups is 1. The summed E-state index contributed by atoms with van der Waals surface area (Å²) < 4.78 is 38.3. The van der Waals surface area contributed by atoms with Gasteiger partial charge in [0.05, 0.1) is 5.56 Å². The van der Waals surface area contributed by atoms with Gasteiger partial charge in [-0.3, -0.25) is 0 Å². The Morgan fingerprint density at radius 2 is 1.30 bits per heavy atom. The molecule has 30 heavy (non-hydrogen) atoms. The molecule has 0 fully saturated rings. The quantitative estimate of drug-likeness (QED) is 0.427. The molecule has 1 heterocycles. The molecule has 0 saturated heterocycles. The highest BCUT2D eigenvalue weighted by atomic mass is 19.4. The highest BCUT2D eigenvalue weighted by molar-refractivity contribution is 5.94. The fraction of sp³-hybridized carbons (Fsp3) is 0.0435. The number of hydrogen-bond acceptors (Lipinski definition) is 2. The van der Waals surface area contributed by atoms with Crippen LogP contribution < -0.4 is 0 Å². The number of aromatic amines is 1. The van der Waals surface area contributed by atoms with Gasteiger partial charge < -0.3 is 10.1 Å². The molecule has 0 radical (unpaired) electrons. The summed E-state index contributed by atoms with van der Waals surface area (Å²) in [6.45, 7) is 0. The van der Waals surface area contributed by atoms with Crippen molar-refractivity contribution in [3.8, 4) is 33.8 Å². The summed E-state index contributed by atoms with van der Waals surface area (Å²) in [5.74, 6) is -1.02. The van der Waals surface area contributed by atoms with E-state index in [1.807, 2.05) is 42.5 Å². The van der Waals surface area contributed by atoms with E-state index in [1.165, 1.54) is 12.1 Å². The number of benzene rings is 3. The van der Waals surface area contributed by atoms with Crippen LogP contribution >= 0.6 is 0 Å². The van der Waals surface area contributed by atoms with Crippen molar-refractivity contribution in [1.82, 2.24) is 9.97 Å². The number of rotatable bonds is 4. The first-order valence-corrected chi connectivity index (χ1v) is 9.00. The van der Waals surface area contributed by atoms with Gasteiger partial charge in [0.2, 0.25) is 0 Å². The standard InChI is InChI=1S/C23H15F3N2O2/c24-23(25,26)18-12-10-17(11-13-18)21-27-19(20(28-21)22(29)30)16-8-6-15(7-9-16)14-4-2-1-3-5-14/h1-13H,(H,27,28)(H,29,30). The van der Waals surface area contributed by atoms with Crippen molar-refractivity contribution in [2.75, 3.05) is 0 Å². The minimum absolute atomic E-state index is 0.127. The van der Waals surface area contributed by atoms with Gasteiger partial charge in [-0.25, -0.2) is 9.78 Å². The van der Waals surface area contributed by atoms with Gasteiger partial charge in [0.25, 0.3) is 0 Å². The summed E-state index contributed by atoms with van der Waals surface area (Å²) in [5, 5.41) is 9.55. The molecule has 4 aromatic rings. The van der Waals surface area contributed by atoms with Gasteiger partial charge in [-0.15, -0.1) is 0 Å². The maximum atomic E-state index is 12.8. The van der Waals surface area contributed by atoms with E-state index in [4.69, 9.17) is 0 Å². The van der Waals surface area contributed by atoms with E-state index in [0.29, 0.717) is 11.1 Å². The van der Waals surface area contributed by atoms with Gasteiger partial charge in [-0.2, -0.15) is 13.2 Å². The highest BCUT2D eigenvalue weighted by Gasteiger charge is 2.30. The molecule has 0 aliphatic rings. The Labute approximate surface area is 169 Å². The first-order chi connectivity index (χ1) is 14.3. The summed E-state index contributed by atoms with van der Waals surface area (Å²) in [5.41, 5.74) is 2.24. The average molecular weight is 408 g/mol. The smallest absolute Gasteiger partial charge is 0.416 e. The lowest BCUT2D eigenvalue weighted by Gasteiger charge is -2.06. The Bertz CT molecular complexity index is 1180. The van der Waals surface area contributed by atoms with E-state index >= 15 is 0 Å². The zero-order valence-corrected chi connectivity index (χ0v) is 15.4. The minimum atomic E-state index is -4.44. The molecule has 0 saturated carbocycles. The summed E-state index contributed by atoms with van der Waals surface area (Å²) in [6.07, 6.45) is -4.44. The maximum Gasteiger partial charge on any atom is 0.416 e. The predicted molar refractivity (Wildman–Crippen MR) is 107 cm³/mol. The number of imidazole rings is 1. The highest BCUT2D eigenvalue weighted by Crippen LogP contribution is 2.32. The van der Waals surface area contributed by atoms with Crippen LogP contribution in [0.1, 0.15) is 16.1 Å². The first kappa shape index (κ1) is 19.4. The van der Waals surface area contributed by atoms with E-state index in [0.717, 1.165) is 23.3 Å². The van der Waals surface area contributed by atoms with E-state index in [9.17, 15) is 23.1 Å². The summed E-state index contributed by atoms with van der Waals surface area (Å²) in [7, 11) is 0. The number of hydrogen-bond donors (Lipinski definition) is 2. The molecular formula is C23H15F3N2O2. The number of carboxylic acids is 1. The SMILES string of the molecule is O=C(O)c1[nH]c(-c2ccc(C(F)(F)F)cc2)nc1-c1ccc(-c2ccccc2)cc1. The molecule has 0 bridgehead atoms. The molecule has 0 atom stereocenters. The first-order valence-electron chi connectivity index (χ1n) is 9.00. The molecule has 0 spiro atoms.